The zero-order valence-electron chi connectivity index (χ0n) is 11.0. The van der Waals surface area contributed by atoms with Crippen molar-refractivity contribution in [1.29, 1.82) is 0 Å². The molecule has 1 unspecified atom stereocenters. The minimum atomic E-state index is 0.765. The van der Waals surface area contributed by atoms with E-state index in [9.17, 15) is 0 Å². The molecule has 0 aromatic carbocycles. The molecule has 16 heavy (non-hydrogen) atoms. The Labute approximate surface area is 101 Å². The Hall–Kier alpha value is -0.0800. The summed E-state index contributed by atoms with van der Waals surface area (Å²) in [5.41, 5.74) is 0. The van der Waals surface area contributed by atoms with Crippen LogP contribution in [0.15, 0.2) is 0 Å². The Morgan fingerprint density at radius 1 is 1.25 bits per heavy atom. The highest BCUT2D eigenvalue weighted by atomic mass is 15.1. The molecule has 2 aliphatic rings. The molecule has 0 aliphatic heterocycles. The van der Waals surface area contributed by atoms with Crippen LogP contribution in [-0.2, 0) is 0 Å². The molecule has 0 radical (unpaired) electrons. The standard InChI is InChI=1S/C14H28N2/c1-12(5-4-10-15-14-8-9-14)16(2)11-13-6-3-7-13/h12-15H,3-11H2,1-2H3. The van der Waals surface area contributed by atoms with E-state index in [4.69, 9.17) is 0 Å². The summed E-state index contributed by atoms with van der Waals surface area (Å²) in [6, 6.07) is 1.64. The van der Waals surface area contributed by atoms with Gasteiger partial charge in [-0.3, -0.25) is 0 Å². The fourth-order valence-electron chi connectivity index (χ4n) is 2.47. The number of rotatable bonds is 8. The van der Waals surface area contributed by atoms with Gasteiger partial charge in [0.2, 0.25) is 0 Å². The molecule has 2 heteroatoms. The smallest absolute Gasteiger partial charge is 0.00682 e. The van der Waals surface area contributed by atoms with E-state index in [1.54, 1.807) is 0 Å². The van der Waals surface area contributed by atoms with Crippen LogP contribution >= 0.6 is 0 Å². The molecule has 2 fully saturated rings. The SMILES string of the molecule is CC(CCCNC1CC1)N(C)CC1CCC1. The van der Waals surface area contributed by atoms with Crippen LogP contribution in [0.2, 0.25) is 0 Å². The van der Waals surface area contributed by atoms with Gasteiger partial charge >= 0.3 is 0 Å². The first-order chi connectivity index (χ1) is 7.75. The number of hydrogen-bond donors (Lipinski definition) is 1. The van der Waals surface area contributed by atoms with Gasteiger partial charge in [-0.05, 0) is 65.0 Å². The molecule has 0 aromatic rings. The third-order valence-corrected chi connectivity index (χ3v) is 4.33. The Balaban J connectivity index is 1.49. The largest absolute Gasteiger partial charge is 0.314 e. The van der Waals surface area contributed by atoms with E-state index in [-0.39, 0.29) is 0 Å². The van der Waals surface area contributed by atoms with Crippen molar-refractivity contribution >= 4 is 0 Å². The van der Waals surface area contributed by atoms with Crippen LogP contribution in [0.4, 0.5) is 0 Å². The van der Waals surface area contributed by atoms with Crippen molar-refractivity contribution in [3.05, 3.63) is 0 Å². The number of nitrogens with zero attached hydrogens (tertiary/aromatic N) is 1. The fourth-order valence-corrected chi connectivity index (χ4v) is 2.47. The van der Waals surface area contributed by atoms with E-state index < -0.39 is 0 Å². The summed E-state index contributed by atoms with van der Waals surface area (Å²) in [5, 5.41) is 3.60. The molecular formula is C14H28N2. The summed E-state index contributed by atoms with van der Waals surface area (Å²) < 4.78 is 0. The molecule has 0 amide bonds. The third kappa shape index (κ3) is 4.06. The molecule has 1 atom stereocenters. The lowest BCUT2D eigenvalue weighted by atomic mass is 9.85. The van der Waals surface area contributed by atoms with E-state index in [1.807, 2.05) is 0 Å². The first kappa shape index (κ1) is 12.4. The second-order valence-corrected chi connectivity index (χ2v) is 5.96. The van der Waals surface area contributed by atoms with Crippen molar-refractivity contribution < 1.29 is 0 Å². The highest BCUT2D eigenvalue weighted by Gasteiger charge is 2.22. The molecule has 1 N–H and O–H groups in total. The molecule has 0 bridgehead atoms. The molecule has 0 aromatic heterocycles. The molecule has 94 valence electrons. The van der Waals surface area contributed by atoms with Crippen molar-refractivity contribution in [3.8, 4) is 0 Å². The summed E-state index contributed by atoms with van der Waals surface area (Å²) in [7, 11) is 2.30. The maximum atomic E-state index is 3.60. The van der Waals surface area contributed by atoms with E-state index in [2.05, 4.69) is 24.2 Å². The Morgan fingerprint density at radius 2 is 2.00 bits per heavy atom. The van der Waals surface area contributed by atoms with Crippen LogP contribution in [0, 0.1) is 5.92 Å². The molecule has 2 aliphatic carbocycles. The quantitative estimate of drug-likeness (QED) is 0.638. The van der Waals surface area contributed by atoms with Crippen molar-refractivity contribution in [2.24, 2.45) is 5.92 Å². The van der Waals surface area contributed by atoms with Crippen LogP contribution < -0.4 is 5.32 Å². The zero-order valence-corrected chi connectivity index (χ0v) is 11.0. The average Bonchev–Trinajstić information content (AvgIpc) is 3.01. The lowest BCUT2D eigenvalue weighted by Crippen LogP contribution is -2.36. The normalized spacial score (nSPS) is 23.4. The molecule has 2 nitrogen and oxygen atoms in total. The van der Waals surface area contributed by atoms with Gasteiger partial charge in [-0.1, -0.05) is 6.42 Å². The minimum absolute atomic E-state index is 0.765. The number of hydrogen-bond acceptors (Lipinski definition) is 2. The van der Waals surface area contributed by atoms with E-state index in [0.717, 1.165) is 18.0 Å². The fraction of sp³-hybridized carbons (Fsp3) is 1.00. The second kappa shape index (κ2) is 6.02. The van der Waals surface area contributed by atoms with Crippen molar-refractivity contribution in [3.63, 3.8) is 0 Å². The van der Waals surface area contributed by atoms with Gasteiger partial charge in [-0.2, -0.15) is 0 Å². The van der Waals surface area contributed by atoms with Crippen LogP contribution in [-0.4, -0.2) is 37.1 Å². The maximum absolute atomic E-state index is 3.60. The topological polar surface area (TPSA) is 15.3 Å². The predicted octanol–water partition coefficient (Wildman–Crippen LogP) is 2.64. The van der Waals surface area contributed by atoms with Gasteiger partial charge in [0, 0.05) is 18.6 Å². The summed E-state index contributed by atoms with van der Waals surface area (Å²) in [6.07, 6.45) is 9.93. The monoisotopic (exact) mass is 224 g/mol. The Morgan fingerprint density at radius 3 is 2.56 bits per heavy atom. The average molecular weight is 224 g/mol. The molecule has 0 spiro atoms. The van der Waals surface area contributed by atoms with Gasteiger partial charge in [-0.15, -0.1) is 0 Å². The maximum Gasteiger partial charge on any atom is 0.00682 e. The van der Waals surface area contributed by atoms with Crippen molar-refractivity contribution in [2.45, 2.75) is 64.0 Å². The van der Waals surface area contributed by atoms with Crippen LogP contribution in [0.5, 0.6) is 0 Å². The van der Waals surface area contributed by atoms with Gasteiger partial charge in [-0.25, -0.2) is 0 Å². The van der Waals surface area contributed by atoms with Crippen LogP contribution in [0.3, 0.4) is 0 Å². The minimum Gasteiger partial charge on any atom is -0.314 e. The summed E-state index contributed by atoms with van der Waals surface area (Å²) in [6.45, 7) is 4.94. The Bertz CT molecular complexity index is 197. The number of nitrogens with one attached hydrogen (secondary N) is 1. The van der Waals surface area contributed by atoms with Gasteiger partial charge in [0.25, 0.3) is 0 Å². The van der Waals surface area contributed by atoms with Crippen LogP contribution in [0.25, 0.3) is 0 Å². The lowest BCUT2D eigenvalue weighted by molar-refractivity contribution is 0.163. The van der Waals surface area contributed by atoms with Gasteiger partial charge in [0.05, 0.1) is 0 Å². The highest BCUT2D eigenvalue weighted by molar-refractivity contribution is 4.81. The summed E-state index contributed by atoms with van der Waals surface area (Å²) in [4.78, 5) is 2.57. The highest BCUT2D eigenvalue weighted by Crippen LogP contribution is 2.27. The molecule has 0 heterocycles. The third-order valence-electron chi connectivity index (χ3n) is 4.33. The molecule has 0 saturated heterocycles. The Kier molecular flexibility index (Phi) is 4.66. The molecule has 2 rings (SSSR count). The van der Waals surface area contributed by atoms with E-state index in [1.165, 1.54) is 58.0 Å². The first-order valence-corrected chi connectivity index (χ1v) is 7.19. The first-order valence-electron chi connectivity index (χ1n) is 7.19. The summed E-state index contributed by atoms with van der Waals surface area (Å²) in [5.74, 6) is 1.01. The van der Waals surface area contributed by atoms with Gasteiger partial charge in [0.15, 0.2) is 0 Å². The van der Waals surface area contributed by atoms with Crippen molar-refractivity contribution in [1.82, 2.24) is 10.2 Å². The van der Waals surface area contributed by atoms with Crippen LogP contribution in [0.1, 0.15) is 51.9 Å². The van der Waals surface area contributed by atoms with Gasteiger partial charge in [0.1, 0.15) is 0 Å². The molecular weight excluding hydrogens is 196 g/mol. The van der Waals surface area contributed by atoms with Gasteiger partial charge < -0.3 is 10.2 Å². The second-order valence-electron chi connectivity index (χ2n) is 5.96. The van der Waals surface area contributed by atoms with E-state index in [0.29, 0.717) is 0 Å². The predicted molar refractivity (Wildman–Crippen MR) is 69.7 cm³/mol. The van der Waals surface area contributed by atoms with E-state index >= 15 is 0 Å². The lowest BCUT2D eigenvalue weighted by Gasteiger charge is -2.33. The molecule has 2 saturated carbocycles. The zero-order chi connectivity index (χ0) is 11.4. The van der Waals surface area contributed by atoms with Crippen molar-refractivity contribution in [2.75, 3.05) is 20.1 Å². The summed E-state index contributed by atoms with van der Waals surface area (Å²) >= 11 is 0.